The molecule has 7 heteroatoms. The predicted octanol–water partition coefficient (Wildman–Crippen LogP) is 2.17. The summed E-state index contributed by atoms with van der Waals surface area (Å²) in [6.45, 7) is 12.1. The maximum Gasteiger partial charge on any atom is 0.267 e. The summed E-state index contributed by atoms with van der Waals surface area (Å²) < 4.78 is 0. The molecule has 0 spiro atoms. The highest BCUT2D eigenvalue weighted by Gasteiger charge is 2.30. The molecule has 3 aliphatic rings. The third kappa shape index (κ3) is 6.09. The Morgan fingerprint density at radius 3 is 2.66 bits per heavy atom. The van der Waals surface area contributed by atoms with Crippen LogP contribution in [0.1, 0.15) is 51.5 Å². The van der Waals surface area contributed by atoms with Crippen LogP contribution in [0.2, 0.25) is 0 Å². The summed E-state index contributed by atoms with van der Waals surface area (Å²) in [5.74, 6) is -0.0214. The van der Waals surface area contributed by atoms with Crippen LogP contribution in [0.3, 0.4) is 0 Å². The van der Waals surface area contributed by atoms with E-state index in [0.29, 0.717) is 18.3 Å². The molecular weight excluding hydrogens is 400 g/mol. The molecule has 0 saturated carbocycles. The van der Waals surface area contributed by atoms with Gasteiger partial charge in [0.25, 0.3) is 5.91 Å². The van der Waals surface area contributed by atoms with Crippen LogP contribution in [0.5, 0.6) is 0 Å². The Morgan fingerprint density at radius 1 is 1.12 bits per heavy atom. The van der Waals surface area contributed by atoms with Crippen LogP contribution in [0.4, 0.5) is 0 Å². The van der Waals surface area contributed by atoms with Gasteiger partial charge in [0.15, 0.2) is 0 Å². The summed E-state index contributed by atoms with van der Waals surface area (Å²) >= 11 is 0. The van der Waals surface area contributed by atoms with Gasteiger partial charge in [-0.05, 0) is 77.2 Å². The number of nitrogens with one attached hydrogen (secondary N) is 2. The van der Waals surface area contributed by atoms with E-state index in [1.54, 1.807) is 12.4 Å². The molecule has 1 aromatic heterocycles. The third-order valence-electron chi connectivity index (χ3n) is 7.28. The first-order valence-corrected chi connectivity index (χ1v) is 12.5. The second-order valence-corrected chi connectivity index (χ2v) is 9.69. The minimum Gasteiger partial charge on any atom is -0.365 e. The zero-order valence-electron chi connectivity index (χ0n) is 19.8. The van der Waals surface area contributed by atoms with E-state index in [4.69, 9.17) is 0 Å². The molecule has 1 atom stereocenters. The van der Waals surface area contributed by atoms with E-state index in [0.717, 1.165) is 44.1 Å². The van der Waals surface area contributed by atoms with Gasteiger partial charge in [-0.1, -0.05) is 12.1 Å². The number of hydrogen-bond donors (Lipinski definition) is 2. The van der Waals surface area contributed by atoms with Crippen molar-refractivity contribution in [1.29, 1.82) is 0 Å². The maximum absolute atomic E-state index is 12.7. The Bertz CT molecular complexity index is 759. The van der Waals surface area contributed by atoms with Gasteiger partial charge in [-0.25, -0.2) is 0 Å². The summed E-state index contributed by atoms with van der Waals surface area (Å²) in [5.41, 5.74) is 1.73. The normalized spacial score (nSPS) is 24.6. The van der Waals surface area contributed by atoms with Gasteiger partial charge in [-0.2, -0.15) is 0 Å². The van der Waals surface area contributed by atoms with Crippen molar-refractivity contribution in [3.8, 4) is 0 Å². The fourth-order valence-corrected chi connectivity index (χ4v) is 5.31. The van der Waals surface area contributed by atoms with Gasteiger partial charge in [-0.15, -0.1) is 0 Å². The molecule has 4 rings (SSSR count). The first kappa shape index (κ1) is 23.2. The van der Waals surface area contributed by atoms with Gasteiger partial charge < -0.3 is 15.5 Å². The first-order chi connectivity index (χ1) is 15.6. The molecule has 1 unspecified atom stereocenters. The number of piperidine rings is 1. The van der Waals surface area contributed by atoms with Crippen molar-refractivity contribution >= 4 is 5.91 Å². The van der Waals surface area contributed by atoms with E-state index < -0.39 is 0 Å². The molecule has 32 heavy (non-hydrogen) atoms. The fraction of sp³-hybridized carbons (Fsp3) is 0.680. The lowest BCUT2D eigenvalue weighted by Gasteiger charge is -2.40. The number of likely N-dealkylation sites (tertiary alicyclic amines) is 1. The quantitative estimate of drug-likeness (QED) is 0.707. The molecule has 7 nitrogen and oxygen atoms in total. The second kappa shape index (κ2) is 11.3. The monoisotopic (exact) mass is 440 g/mol. The van der Waals surface area contributed by atoms with Gasteiger partial charge in [0.05, 0.1) is 11.9 Å². The minimum absolute atomic E-state index is 0.0214. The van der Waals surface area contributed by atoms with E-state index in [9.17, 15) is 4.79 Å². The molecular formula is C25H40N6O. The smallest absolute Gasteiger partial charge is 0.267 e. The molecule has 0 aliphatic carbocycles. The second-order valence-electron chi connectivity index (χ2n) is 9.69. The molecule has 3 aliphatic heterocycles. The van der Waals surface area contributed by atoms with Crippen molar-refractivity contribution in [1.82, 2.24) is 30.3 Å². The maximum atomic E-state index is 12.7. The number of hydrogen-bond acceptors (Lipinski definition) is 6. The van der Waals surface area contributed by atoms with E-state index >= 15 is 0 Å². The van der Waals surface area contributed by atoms with Crippen LogP contribution in [-0.2, 0) is 11.3 Å². The Balaban J connectivity index is 1.24. The van der Waals surface area contributed by atoms with Gasteiger partial charge in [-0.3, -0.25) is 19.6 Å². The lowest BCUT2D eigenvalue weighted by Crippen LogP contribution is -2.51. The lowest BCUT2D eigenvalue weighted by atomic mass is 10.0. The molecule has 176 valence electrons. The highest BCUT2D eigenvalue weighted by Crippen LogP contribution is 2.21. The molecule has 1 aromatic rings. The van der Waals surface area contributed by atoms with Crippen LogP contribution >= 0.6 is 0 Å². The molecule has 0 bridgehead atoms. The van der Waals surface area contributed by atoms with Crippen LogP contribution in [-0.4, -0.2) is 83.1 Å². The highest BCUT2D eigenvalue weighted by atomic mass is 16.2. The molecule has 0 radical (unpaired) electrons. The number of carbonyl (C=O) groups excluding carboxylic acids is 1. The summed E-state index contributed by atoms with van der Waals surface area (Å²) in [4.78, 5) is 24.7. The molecule has 1 amide bonds. The Labute approximate surface area is 193 Å². The van der Waals surface area contributed by atoms with Crippen molar-refractivity contribution in [2.24, 2.45) is 0 Å². The Morgan fingerprint density at radius 2 is 1.91 bits per heavy atom. The van der Waals surface area contributed by atoms with Crippen LogP contribution < -0.4 is 10.6 Å². The molecule has 2 N–H and O–H groups in total. The van der Waals surface area contributed by atoms with Crippen molar-refractivity contribution in [2.45, 2.75) is 70.7 Å². The molecule has 4 heterocycles. The fourth-order valence-electron chi connectivity index (χ4n) is 5.31. The van der Waals surface area contributed by atoms with Crippen molar-refractivity contribution < 1.29 is 4.79 Å². The number of carbonyl (C=O) groups is 1. The van der Waals surface area contributed by atoms with E-state index in [1.165, 1.54) is 38.9 Å². The minimum atomic E-state index is -0.0214. The van der Waals surface area contributed by atoms with E-state index in [1.807, 2.05) is 18.2 Å². The van der Waals surface area contributed by atoms with Gasteiger partial charge >= 0.3 is 0 Å². The van der Waals surface area contributed by atoms with Crippen LogP contribution in [0.25, 0.3) is 0 Å². The topological polar surface area (TPSA) is 63.7 Å². The molecule has 2 fully saturated rings. The van der Waals surface area contributed by atoms with Crippen LogP contribution in [0.15, 0.2) is 36.3 Å². The number of aromatic nitrogens is 1. The van der Waals surface area contributed by atoms with Gasteiger partial charge in [0, 0.05) is 50.7 Å². The van der Waals surface area contributed by atoms with Crippen LogP contribution in [0, 0.1) is 0 Å². The third-order valence-corrected chi connectivity index (χ3v) is 7.28. The Hall–Kier alpha value is -1.96. The van der Waals surface area contributed by atoms with Crippen molar-refractivity contribution in [3.05, 3.63) is 41.9 Å². The first-order valence-electron chi connectivity index (χ1n) is 12.5. The van der Waals surface area contributed by atoms with E-state index in [-0.39, 0.29) is 12.1 Å². The lowest BCUT2D eigenvalue weighted by molar-refractivity contribution is -0.118. The number of allylic oxidation sites excluding steroid dienone is 1. The molecule has 2 saturated heterocycles. The summed E-state index contributed by atoms with van der Waals surface area (Å²) in [5, 5.41) is 6.56. The number of amides is 1. The Kier molecular flexibility index (Phi) is 8.16. The zero-order valence-corrected chi connectivity index (χ0v) is 19.8. The number of pyridine rings is 1. The predicted molar refractivity (Wildman–Crippen MR) is 128 cm³/mol. The van der Waals surface area contributed by atoms with E-state index in [2.05, 4.69) is 44.2 Å². The summed E-state index contributed by atoms with van der Waals surface area (Å²) in [7, 11) is 0. The van der Waals surface area contributed by atoms with Gasteiger partial charge in [0.2, 0.25) is 0 Å². The number of nitrogens with zero attached hydrogens (tertiary/aromatic N) is 4. The molecule has 0 aromatic carbocycles. The van der Waals surface area contributed by atoms with Gasteiger partial charge in [0.1, 0.15) is 0 Å². The van der Waals surface area contributed by atoms with Crippen molar-refractivity contribution in [3.63, 3.8) is 0 Å². The highest BCUT2D eigenvalue weighted by molar-refractivity contribution is 5.92. The number of rotatable bonds is 6. The largest absolute Gasteiger partial charge is 0.365 e. The average molecular weight is 441 g/mol. The summed E-state index contributed by atoms with van der Waals surface area (Å²) in [6, 6.07) is 5.27. The zero-order chi connectivity index (χ0) is 22.3. The SMILES string of the molecule is CC(C)N1CCC(N2CCCN(C3CCC=C(C(=O)NCc4cccnc4)N3)CC2)CC1. The van der Waals surface area contributed by atoms with Crippen molar-refractivity contribution in [2.75, 3.05) is 39.3 Å². The standard InChI is InChI=1S/C25H40N6O/c1-20(2)29-14-9-22(10-15-29)30-12-5-13-31(17-16-30)24-8-3-7-23(28-24)25(32)27-19-21-6-4-11-26-18-21/h4,6-7,11,18,20,22,24,28H,3,5,8-10,12-17,19H2,1-2H3,(H,27,32). The average Bonchev–Trinajstić information content (AvgIpc) is 3.10. The summed E-state index contributed by atoms with van der Waals surface area (Å²) in [6.07, 6.45) is 11.6.